The first-order valence-corrected chi connectivity index (χ1v) is 7.57. The molecule has 1 aliphatic carbocycles. The number of hydrogen-bond acceptors (Lipinski definition) is 1. The maximum Gasteiger partial charge on any atom is 0.0295 e. The van der Waals surface area contributed by atoms with Gasteiger partial charge < -0.3 is 5.73 Å². The van der Waals surface area contributed by atoms with Gasteiger partial charge in [0.1, 0.15) is 0 Å². The van der Waals surface area contributed by atoms with E-state index in [2.05, 4.69) is 42.5 Å². The summed E-state index contributed by atoms with van der Waals surface area (Å²) >= 11 is 0. The molecule has 0 spiro atoms. The van der Waals surface area contributed by atoms with Crippen LogP contribution in [0.3, 0.4) is 0 Å². The molecular weight excluding hydrogens is 230 g/mol. The van der Waals surface area contributed by atoms with Crippen molar-refractivity contribution in [3.05, 3.63) is 48.0 Å². The number of hydrogen-bond donors (Lipinski definition) is 1. The van der Waals surface area contributed by atoms with Crippen LogP contribution in [-0.4, -0.2) is 0 Å². The van der Waals surface area contributed by atoms with Crippen molar-refractivity contribution < 1.29 is 0 Å². The molecule has 100 valence electrons. The zero-order chi connectivity index (χ0) is 13.1. The third kappa shape index (κ3) is 2.98. The minimum absolute atomic E-state index is 0.199. The molecule has 19 heavy (non-hydrogen) atoms. The van der Waals surface area contributed by atoms with Crippen molar-refractivity contribution in [1.82, 2.24) is 0 Å². The minimum Gasteiger partial charge on any atom is -0.324 e. The first-order chi connectivity index (χ1) is 9.33. The Balaban J connectivity index is 1.68. The van der Waals surface area contributed by atoms with E-state index < -0.39 is 0 Å². The molecule has 1 atom stereocenters. The fourth-order valence-corrected chi connectivity index (χ4v) is 3.32. The zero-order valence-electron chi connectivity index (χ0n) is 11.5. The summed E-state index contributed by atoms with van der Waals surface area (Å²) in [5, 5.41) is 2.60. The predicted octanol–water partition coefficient (Wildman–Crippen LogP) is 4.81. The van der Waals surface area contributed by atoms with E-state index in [0.717, 1.165) is 12.3 Å². The standard InChI is InChI=1S/C18H23N/c19-18(12-9-14-5-1-2-6-14)17-11-10-15-7-3-4-8-16(15)13-17/h3-4,7-8,10-11,13-14,18H,1-2,5-6,9,12,19H2. The third-order valence-electron chi connectivity index (χ3n) is 4.56. The van der Waals surface area contributed by atoms with Crippen LogP contribution in [0.2, 0.25) is 0 Å². The first kappa shape index (κ1) is 12.7. The highest BCUT2D eigenvalue weighted by Crippen LogP contribution is 2.31. The highest BCUT2D eigenvalue weighted by Gasteiger charge is 2.16. The van der Waals surface area contributed by atoms with Gasteiger partial charge in [-0.15, -0.1) is 0 Å². The molecule has 0 amide bonds. The third-order valence-corrected chi connectivity index (χ3v) is 4.56. The molecule has 2 aromatic rings. The monoisotopic (exact) mass is 253 g/mol. The van der Waals surface area contributed by atoms with Crippen LogP contribution < -0.4 is 5.73 Å². The van der Waals surface area contributed by atoms with Crippen LogP contribution in [0.5, 0.6) is 0 Å². The Hall–Kier alpha value is -1.34. The van der Waals surface area contributed by atoms with Gasteiger partial charge in [0.2, 0.25) is 0 Å². The predicted molar refractivity (Wildman–Crippen MR) is 82.1 cm³/mol. The maximum atomic E-state index is 6.36. The molecule has 0 aliphatic heterocycles. The lowest BCUT2D eigenvalue weighted by molar-refractivity contribution is 0.454. The van der Waals surface area contributed by atoms with Crippen LogP contribution in [0, 0.1) is 5.92 Å². The molecule has 2 N–H and O–H groups in total. The quantitative estimate of drug-likeness (QED) is 0.831. The van der Waals surface area contributed by atoms with E-state index in [0.29, 0.717) is 0 Å². The molecular formula is C18H23N. The molecule has 1 fully saturated rings. The number of benzene rings is 2. The van der Waals surface area contributed by atoms with Crippen LogP contribution in [0.1, 0.15) is 50.1 Å². The Labute approximate surface area is 115 Å². The fraction of sp³-hybridized carbons (Fsp3) is 0.444. The van der Waals surface area contributed by atoms with Gasteiger partial charge in [-0.25, -0.2) is 0 Å². The number of nitrogens with two attached hydrogens (primary N) is 1. The minimum atomic E-state index is 0.199. The Morgan fingerprint density at radius 3 is 2.53 bits per heavy atom. The molecule has 0 heterocycles. The second kappa shape index (κ2) is 5.75. The van der Waals surface area contributed by atoms with Crippen LogP contribution in [0.25, 0.3) is 10.8 Å². The summed E-state index contributed by atoms with van der Waals surface area (Å²) in [5.41, 5.74) is 7.65. The average molecular weight is 253 g/mol. The van der Waals surface area contributed by atoms with E-state index >= 15 is 0 Å². The van der Waals surface area contributed by atoms with Gasteiger partial charge in [-0.2, -0.15) is 0 Å². The lowest BCUT2D eigenvalue weighted by Gasteiger charge is -2.15. The average Bonchev–Trinajstić information content (AvgIpc) is 2.97. The van der Waals surface area contributed by atoms with Crippen molar-refractivity contribution in [3.63, 3.8) is 0 Å². The van der Waals surface area contributed by atoms with Gasteiger partial charge in [0, 0.05) is 6.04 Å². The van der Waals surface area contributed by atoms with Crippen molar-refractivity contribution in [2.24, 2.45) is 11.7 Å². The highest BCUT2D eigenvalue weighted by atomic mass is 14.6. The Kier molecular flexibility index (Phi) is 3.84. The van der Waals surface area contributed by atoms with E-state index in [1.54, 1.807) is 0 Å². The van der Waals surface area contributed by atoms with Crippen molar-refractivity contribution in [3.8, 4) is 0 Å². The summed E-state index contributed by atoms with van der Waals surface area (Å²) in [6.07, 6.45) is 8.12. The number of fused-ring (bicyclic) bond motifs is 1. The first-order valence-electron chi connectivity index (χ1n) is 7.57. The fourth-order valence-electron chi connectivity index (χ4n) is 3.32. The highest BCUT2D eigenvalue weighted by molar-refractivity contribution is 5.83. The van der Waals surface area contributed by atoms with Gasteiger partial charge >= 0.3 is 0 Å². The summed E-state index contributed by atoms with van der Waals surface area (Å²) in [7, 11) is 0. The Morgan fingerprint density at radius 1 is 1.00 bits per heavy atom. The molecule has 1 saturated carbocycles. The van der Waals surface area contributed by atoms with E-state index in [-0.39, 0.29) is 6.04 Å². The summed E-state index contributed by atoms with van der Waals surface area (Å²) in [6.45, 7) is 0. The molecule has 1 heteroatoms. The second-order valence-electron chi connectivity index (χ2n) is 5.94. The van der Waals surface area contributed by atoms with Crippen molar-refractivity contribution in [2.45, 2.75) is 44.6 Å². The van der Waals surface area contributed by atoms with E-state index in [1.165, 1.54) is 48.4 Å². The lowest BCUT2D eigenvalue weighted by Crippen LogP contribution is -2.11. The normalized spacial score (nSPS) is 17.9. The van der Waals surface area contributed by atoms with Gasteiger partial charge in [0.15, 0.2) is 0 Å². The van der Waals surface area contributed by atoms with Gasteiger partial charge in [0.25, 0.3) is 0 Å². The molecule has 0 aromatic heterocycles. The summed E-state index contributed by atoms with van der Waals surface area (Å²) in [4.78, 5) is 0. The smallest absolute Gasteiger partial charge is 0.0295 e. The topological polar surface area (TPSA) is 26.0 Å². The van der Waals surface area contributed by atoms with Gasteiger partial charge in [-0.05, 0) is 41.2 Å². The molecule has 2 aromatic carbocycles. The van der Waals surface area contributed by atoms with Crippen molar-refractivity contribution in [2.75, 3.05) is 0 Å². The van der Waals surface area contributed by atoms with Gasteiger partial charge in [-0.3, -0.25) is 0 Å². The summed E-state index contributed by atoms with van der Waals surface area (Å²) < 4.78 is 0. The van der Waals surface area contributed by atoms with E-state index in [4.69, 9.17) is 5.73 Å². The van der Waals surface area contributed by atoms with E-state index in [9.17, 15) is 0 Å². The largest absolute Gasteiger partial charge is 0.324 e. The van der Waals surface area contributed by atoms with E-state index in [1.807, 2.05) is 0 Å². The Bertz CT molecular complexity index is 540. The number of rotatable bonds is 4. The zero-order valence-corrected chi connectivity index (χ0v) is 11.5. The summed E-state index contributed by atoms with van der Waals surface area (Å²) in [6, 6.07) is 15.4. The molecule has 0 bridgehead atoms. The van der Waals surface area contributed by atoms with Crippen molar-refractivity contribution >= 4 is 10.8 Å². The molecule has 0 saturated heterocycles. The van der Waals surface area contributed by atoms with Crippen molar-refractivity contribution in [1.29, 1.82) is 0 Å². The SMILES string of the molecule is NC(CCC1CCCC1)c1ccc2ccccc2c1. The molecule has 1 nitrogen and oxygen atoms in total. The summed E-state index contributed by atoms with van der Waals surface area (Å²) in [5.74, 6) is 0.937. The van der Waals surface area contributed by atoms with Crippen LogP contribution in [0.4, 0.5) is 0 Å². The second-order valence-corrected chi connectivity index (χ2v) is 5.94. The van der Waals surface area contributed by atoms with Gasteiger partial charge in [-0.1, -0.05) is 62.1 Å². The lowest BCUT2D eigenvalue weighted by atomic mass is 9.94. The van der Waals surface area contributed by atoms with Gasteiger partial charge in [0.05, 0.1) is 0 Å². The molecule has 0 radical (unpaired) electrons. The molecule has 3 rings (SSSR count). The maximum absolute atomic E-state index is 6.36. The van der Waals surface area contributed by atoms with Crippen LogP contribution >= 0.6 is 0 Å². The molecule has 1 unspecified atom stereocenters. The van der Waals surface area contributed by atoms with Crippen LogP contribution in [0.15, 0.2) is 42.5 Å². The molecule has 1 aliphatic rings. The van der Waals surface area contributed by atoms with Crippen LogP contribution in [-0.2, 0) is 0 Å². The Morgan fingerprint density at radius 2 is 1.74 bits per heavy atom.